The Morgan fingerprint density at radius 2 is 2.25 bits per heavy atom. The van der Waals surface area contributed by atoms with Crippen molar-refractivity contribution in [2.24, 2.45) is 0 Å². The Kier molecular flexibility index (Phi) is 5.08. The lowest BCUT2D eigenvalue weighted by molar-refractivity contribution is 0.0695. The van der Waals surface area contributed by atoms with Gasteiger partial charge in [-0.25, -0.2) is 9.78 Å². The first-order valence-electron chi connectivity index (χ1n) is 5.95. The number of imidazole rings is 1. The first-order valence-corrected chi connectivity index (χ1v) is 8.06. The molecule has 0 aliphatic rings. The number of aryl methyl sites for hydroxylation is 1. The minimum absolute atomic E-state index is 0.130. The summed E-state index contributed by atoms with van der Waals surface area (Å²) in [6, 6.07) is 4.76. The maximum absolute atomic E-state index is 12.1. The van der Waals surface area contributed by atoms with Crippen LogP contribution in [0.1, 0.15) is 16.8 Å². The second-order valence-electron chi connectivity index (χ2n) is 4.15. The predicted molar refractivity (Wildman–Crippen MR) is 79.2 cm³/mol. The fourth-order valence-corrected chi connectivity index (χ4v) is 3.24. The average Bonchev–Trinajstić information content (AvgIpc) is 2.92. The third kappa shape index (κ3) is 3.77. The van der Waals surface area contributed by atoms with Crippen molar-refractivity contribution in [2.45, 2.75) is 17.9 Å². The molecular weight excluding hydrogens is 344 g/mol. The van der Waals surface area contributed by atoms with Crippen LogP contribution in [0.2, 0.25) is 0 Å². The zero-order chi connectivity index (χ0) is 14.5. The van der Waals surface area contributed by atoms with Crippen molar-refractivity contribution in [1.29, 1.82) is 0 Å². The lowest BCUT2D eigenvalue weighted by Gasteiger charge is -2.06. The van der Waals surface area contributed by atoms with Crippen LogP contribution in [0.15, 0.2) is 46.3 Å². The molecule has 0 fully saturated rings. The molecule has 1 unspecified atom stereocenters. The van der Waals surface area contributed by atoms with Crippen LogP contribution in [-0.2, 0) is 17.3 Å². The molecule has 5 nitrogen and oxygen atoms in total. The van der Waals surface area contributed by atoms with Gasteiger partial charge < -0.3 is 9.67 Å². The van der Waals surface area contributed by atoms with Gasteiger partial charge in [0.15, 0.2) is 0 Å². The Hall–Kier alpha value is -1.47. The highest BCUT2D eigenvalue weighted by atomic mass is 79.9. The molecule has 0 radical (unpaired) electrons. The molecule has 0 aliphatic carbocycles. The van der Waals surface area contributed by atoms with E-state index in [0.717, 1.165) is 13.0 Å². The summed E-state index contributed by atoms with van der Waals surface area (Å²) < 4.78 is 14.5. The van der Waals surface area contributed by atoms with E-state index in [4.69, 9.17) is 5.11 Å². The van der Waals surface area contributed by atoms with Gasteiger partial charge in [0.1, 0.15) is 0 Å². The third-order valence-corrected chi connectivity index (χ3v) is 4.87. The molecule has 2 aromatic rings. The topological polar surface area (TPSA) is 72.2 Å². The van der Waals surface area contributed by atoms with Crippen LogP contribution in [0.5, 0.6) is 0 Å². The van der Waals surface area contributed by atoms with E-state index in [2.05, 4.69) is 20.9 Å². The summed E-state index contributed by atoms with van der Waals surface area (Å²) in [6.07, 6.45) is 6.00. The van der Waals surface area contributed by atoms with Crippen LogP contribution in [0.25, 0.3) is 0 Å². The highest BCUT2D eigenvalue weighted by molar-refractivity contribution is 9.10. The van der Waals surface area contributed by atoms with Crippen LogP contribution in [0.3, 0.4) is 0 Å². The largest absolute Gasteiger partial charge is 0.478 e. The number of benzene rings is 1. The Balaban J connectivity index is 1.98. The molecule has 0 aliphatic heterocycles. The first kappa shape index (κ1) is 14.9. The smallest absolute Gasteiger partial charge is 0.336 e. The first-order chi connectivity index (χ1) is 9.58. The summed E-state index contributed by atoms with van der Waals surface area (Å²) in [5.41, 5.74) is 0.130. The average molecular weight is 357 g/mol. The number of aromatic carboxylic acids is 1. The molecule has 2 rings (SSSR count). The van der Waals surface area contributed by atoms with E-state index >= 15 is 0 Å². The van der Waals surface area contributed by atoms with Crippen LogP contribution >= 0.6 is 15.9 Å². The van der Waals surface area contributed by atoms with Crippen molar-refractivity contribution in [3.05, 3.63) is 47.0 Å². The van der Waals surface area contributed by atoms with Gasteiger partial charge in [-0.2, -0.15) is 0 Å². The number of hydrogen-bond acceptors (Lipinski definition) is 3. The van der Waals surface area contributed by atoms with Crippen molar-refractivity contribution in [3.63, 3.8) is 0 Å². The maximum Gasteiger partial charge on any atom is 0.336 e. The summed E-state index contributed by atoms with van der Waals surface area (Å²) in [4.78, 5) is 15.5. The zero-order valence-electron chi connectivity index (χ0n) is 10.5. The molecule has 1 heterocycles. The van der Waals surface area contributed by atoms with Gasteiger partial charge in [0.05, 0.1) is 22.7 Å². The number of nitrogens with zero attached hydrogens (tertiary/aromatic N) is 2. The van der Waals surface area contributed by atoms with Crippen molar-refractivity contribution in [3.8, 4) is 0 Å². The fraction of sp³-hybridized carbons (Fsp3) is 0.231. The van der Waals surface area contributed by atoms with Crippen LogP contribution in [0, 0.1) is 0 Å². The second-order valence-corrected chi connectivity index (χ2v) is 6.58. The minimum atomic E-state index is -1.20. The van der Waals surface area contributed by atoms with E-state index in [1.165, 1.54) is 6.07 Å². The van der Waals surface area contributed by atoms with Gasteiger partial charge in [-0.15, -0.1) is 0 Å². The van der Waals surface area contributed by atoms with Gasteiger partial charge in [0.25, 0.3) is 0 Å². The molecule has 106 valence electrons. The van der Waals surface area contributed by atoms with Gasteiger partial charge >= 0.3 is 5.97 Å². The number of carboxylic acids is 1. The molecule has 20 heavy (non-hydrogen) atoms. The number of carboxylic acid groups (broad SMARTS) is 1. The summed E-state index contributed by atoms with van der Waals surface area (Å²) in [6.45, 7) is 0.744. The molecule has 0 amide bonds. The van der Waals surface area contributed by atoms with E-state index in [1.807, 2.05) is 10.8 Å². The van der Waals surface area contributed by atoms with Gasteiger partial charge in [-0.05, 0) is 40.5 Å². The normalized spacial score (nSPS) is 12.2. The molecule has 0 bridgehead atoms. The molecule has 7 heteroatoms. The molecule has 1 N–H and O–H groups in total. The third-order valence-electron chi connectivity index (χ3n) is 2.74. The maximum atomic E-state index is 12.1. The van der Waals surface area contributed by atoms with Gasteiger partial charge in [0, 0.05) is 34.1 Å². The van der Waals surface area contributed by atoms with Crippen LogP contribution in [0.4, 0.5) is 0 Å². The Morgan fingerprint density at radius 3 is 2.90 bits per heavy atom. The quantitative estimate of drug-likeness (QED) is 0.863. The summed E-state index contributed by atoms with van der Waals surface area (Å²) in [5.74, 6) is -0.548. The Bertz CT molecular complexity index is 629. The number of carbonyl (C=O) groups is 1. The van der Waals surface area contributed by atoms with Gasteiger partial charge in [-0.1, -0.05) is 0 Å². The molecule has 0 spiro atoms. The standard InChI is InChI=1S/C13H13BrN2O3S/c14-12-3-2-10(8-11(12)13(17)18)20(19)7-1-5-16-6-4-15-9-16/h2-4,6,8-9H,1,5,7H2,(H,17,18). The minimum Gasteiger partial charge on any atom is -0.478 e. The highest BCUT2D eigenvalue weighted by Gasteiger charge is 2.12. The van der Waals surface area contributed by atoms with E-state index in [1.54, 1.807) is 24.7 Å². The van der Waals surface area contributed by atoms with E-state index in [-0.39, 0.29) is 5.56 Å². The zero-order valence-corrected chi connectivity index (χ0v) is 12.9. The summed E-state index contributed by atoms with van der Waals surface area (Å²) >= 11 is 3.17. The van der Waals surface area contributed by atoms with Crippen molar-refractivity contribution in [2.75, 3.05) is 5.75 Å². The molecule has 1 atom stereocenters. The fourth-order valence-electron chi connectivity index (χ4n) is 1.72. The van der Waals surface area contributed by atoms with E-state index in [9.17, 15) is 9.00 Å². The van der Waals surface area contributed by atoms with Crippen molar-refractivity contribution >= 4 is 32.7 Å². The highest BCUT2D eigenvalue weighted by Crippen LogP contribution is 2.20. The number of halogens is 1. The number of hydrogen-bond donors (Lipinski definition) is 1. The molecule has 0 saturated heterocycles. The molecule has 1 aromatic carbocycles. The van der Waals surface area contributed by atoms with Crippen LogP contribution < -0.4 is 0 Å². The van der Waals surface area contributed by atoms with Crippen LogP contribution in [-0.4, -0.2) is 30.6 Å². The van der Waals surface area contributed by atoms with E-state index in [0.29, 0.717) is 15.1 Å². The van der Waals surface area contributed by atoms with Crippen molar-refractivity contribution in [1.82, 2.24) is 9.55 Å². The Labute approximate surface area is 127 Å². The number of aromatic nitrogens is 2. The van der Waals surface area contributed by atoms with Gasteiger partial charge in [0.2, 0.25) is 0 Å². The SMILES string of the molecule is O=C(O)c1cc(S(=O)CCCn2ccnc2)ccc1Br. The summed E-state index contributed by atoms with van der Waals surface area (Å²) in [5, 5.41) is 9.03. The lowest BCUT2D eigenvalue weighted by atomic mass is 10.2. The van der Waals surface area contributed by atoms with Crippen molar-refractivity contribution < 1.29 is 14.1 Å². The molecule has 0 saturated carbocycles. The lowest BCUT2D eigenvalue weighted by Crippen LogP contribution is -2.05. The predicted octanol–water partition coefficient (Wildman–Crippen LogP) is 2.54. The Morgan fingerprint density at radius 1 is 1.45 bits per heavy atom. The van der Waals surface area contributed by atoms with E-state index < -0.39 is 16.8 Å². The molecular formula is C13H13BrN2O3S. The monoisotopic (exact) mass is 356 g/mol. The molecule has 1 aromatic heterocycles. The number of rotatable bonds is 6. The summed E-state index contributed by atoms with van der Waals surface area (Å²) in [7, 11) is -1.20. The van der Waals surface area contributed by atoms with Gasteiger partial charge in [-0.3, -0.25) is 4.21 Å². The second kappa shape index (κ2) is 6.81.